The van der Waals surface area contributed by atoms with Gasteiger partial charge in [0.25, 0.3) is 0 Å². The number of hydrogen-bond acceptors (Lipinski definition) is 2. The predicted octanol–water partition coefficient (Wildman–Crippen LogP) is 2.86. The number of hydrogen-bond donors (Lipinski definition) is 2. The number of carbonyl (C=O) groups is 1. The van der Waals surface area contributed by atoms with Crippen LogP contribution < -0.4 is 10.6 Å². The van der Waals surface area contributed by atoms with Gasteiger partial charge in [-0.25, -0.2) is 0 Å². The largest absolute Gasteiger partial charge is 0.351 e. The average molecular weight is 274 g/mol. The normalized spacial score (nSPS) is 23.1. The highest BCUT2D eigenvalue weighted by Crippen LogP contribution is 2.22. The lowest BCUT2D eigenvalue weighted by Crippen LogP contribution is -2.41. The van der Waals surface area contributed by atoms with Crippen molar-refractivity contribution in [3.05, 3.63) is 35.9 Å². The summed E-state index contributed by atoms with van der Waals surface area (Å²) in [7, 11) is 0. The van der Waals surface area contributed by atoms with E-state index in [-0.39, 0.29) is 5.91 Å². The van der Waals surface area contributed by atoms with Gasteiger partial charge >= 0.3 is 0 Å². The zero-order chi connectivity index (χ0) is 14.2. The van der Waals surface area contributed by atoms with Gasteiger partial charge in [0.05, 0.1) is 6.54 Å². The molecular weight excluding hydrogens is 248 g/mol. The van der Waals surface area contributed by atoms with Crippen LogP contribution in [0.5, 0.6) is 0 Å². The van der Waals surface area contributed by atoms with Crippen LogP contribution in [0, 0.1) is 5.92 Å². The third-order valence-electron chi connectivity index (χ3n) is 4.22. The lowest BCUT2D eigenvalue weighted by atomic mass is 9.97. The van der Waals surface area contributed by atoms with Gasteiger partial charge in [0.2, 0.25) is 5.91 Å². The molecule has 3 nitrogen and oxygen atoms in total. The summed E-state index contributed by atoms with van der Waals surface area (Å²) in [5.41, 5.74) is 1.14. The van der Waals surface area contributed by atoms with Gasteiger partial charge < -0.3 is 10.6 Å². The zero-order valence-electron chi connectivity index (χ0n) is 12.4. The minimum atomic E-state index is 0.0882. The molecule has 0 aromatic heterocycles. The summed E-state index contributed by atoms with van der Waals surface area (Å²) in [5, 5.41) is 6.40. The van der Waals surface area contributed by atoms with Gasteiger partial charge in [0.1, 0.15) is 0 Å². The van der Waals surface area contributed by atoms with Crippen LogP contribution in [0.2, 0.25) is 0 Å². The van der Waals surface area contributed by atoms with E-state index < -0.39 is 0 Å². The standard InChI is InChI=1S/C17H26N2O/c1-14-8-4-2-7-11-16(14)18-13-17(20)19-12-15-9-5-3-6-10-15/h3,5-6,9-10,14,16,18H,2,4,7-8,11-13H2,1H3,(H,19,20). The molecule has 2 atom stereocenters. The van der Waals surface area contributed by atoms with Crippen molar-refractivity contribution in [2.75, 3.05) is 6.54 Å². The second-order valence-corrected chi connectivity index (χ2v) is 5.87. The Labute approximate surface area is 122 Å². The highest BCUT2D eigenvalue weighted by atomic mass is 16.1. The van der Waals surface area contributed by atoms with E-state index in [2.05, 4.69) is 17.6 Å². The van der Waals surface area contributed by atoms with Crippen LogP contribution in [-0.4, -0.2) is 18.5 Å². The van der Waals surface area contributed by atoms with Gasteiger partial charge in [-0.05, 0) is 24.3 Å². The Balaban J connectivity index is 1.69. The summed E-state index contributed by atoms with van der Waals surface area (Å²) in [6.45, 7) is 3.34. The van der Waals surface area contributed by atoms with E-state index in [4.69, 9.17) is 0 Å². The van der Waals surface area contributed by atoms with E-state index >= 15 is 0 Å². The first-order valence-electron chi connectivity index (χ1n) is 7.79. The number of benzene rings is 1. The van der Waals surface area contributed by atoms with Crippen molar-refractivity contribution in [1.82, 2.24) is 10.6 Å². The quantitative estimate of drug-likeness (QED) is 0.811. The van der Waals surface area contributed by atoms with Crippen molar-refractivity contribution in [3.8, 4) is 0 Å². The highest BCUT2D eigenvalue weighted by Gasteiger charge is 2.19. The lowest BCUT2D eigenvalue weighted by Gasteiger charge is -2.22. The fourth-order valence-corrected chi connectivity index (χ4v) is 2.88. The molecule has 0 bridgehead atoms. The molecule has 1 saturated carbocycles. The molecule has 0 saturated heterocycles. The maximum Gasteiger partial charge on any atom is 0.234 e. The van der Waals surface area contributed by atoms with Crippen molar-refractivity contribution in [1.29, 1.82) is 0 Å². The van der Waals surface area contributed by atoms with E-state index in [0.717, 1.165) is 5.56 Å². The van der Waals surface area contributed by atoms with E-state index in [0.29, 0.717) is 25.0 Å². The second kappa shape index (κ2) is 8.05. The van der Waals surface area contributed by atoms with Gasteiger partial charge in [-0.1, -0.05) is 56.5 Å². The van der Waals surface area contributed by atoms with Crippen molar-refractivity contribution in [2.45, 2.75) is 51.6 Å². The number of nitrogens with one attached hydrogen (secondary N) is 2. The molecule has 2 rings (SSSR count). The van der Waals surface area contributed by atoms with E-state index in [9.17, 15) is 4.79 Å². The lowest BCUT2D eigenvalue weighted by molar-refractivity contribution is -0.120. The van der Waals surface area contributed by atoms with E-state index in [1.54, 1.807) is 0 Å². The first-order chi connectivity index (χ1) is 9.75. The fraction of sp³-hybridized carbons (Fsp3) is 0.588. The third kappa shape index (κ3) is 4.97. The molecule has 3 heteroatoms. The van der Waals surface area contributed by atoms with Crippen molar-refractivity contribution in [2.24, 2.45) is 5.92 Å². The smallest absolute Gasteiger partial charge is 0.234 e. The summed E-state index contributed by atoms with van der Waals surface area (Å²) in [4.78, 5) is 11.9. The molecule has 1 amide bonds. The number of carbonyl (C=O) groups excluding carboxylic acids is 1. The molecule has 0 radical (unpaired) electrons. The summed E-state index contributed by atoms with van der Waals surface area (Å²) >= 11 is 0. The van der Waals surface area contributed by atoms with Crippen LogP contribution in [0.4, 0.5) is 0 Å². The summed E-state index contributed by atoms with van der Waals surface area (Å²) in [6, 6.07) is 10.5. The molecule has 1 aromatic rings. The Kier molecular flexibility index (Phi) is 6.06. The van der Waals surface area contributed by atoms with Crippen molar-refractivity contribution in [3.63, 3.8) is 0 Å². The first-order valence-corrected chi connectivity index (χ1v) is 7.79. The summed E-state index contributed by atoms with van der Waals surface area (Å²) in [6.07, 6.45) is 6.44. The molecule has 110 valence electrons. The minimum Gasteiger partial charge on any atom is -0.351 e. The molecule has 2 N–H and O–H groups in total. The second-order valence-electron chi connectivity index (χ2n) is 5.87. The van der Waals surface area contributed by atoms with Crippen LogP contribution in [0.25, 0.3) is 0 Å². The molecule has 1 aliphatic rings. The Morgan fingerprint density at radius 1 is 1.15 bits per heavy atom. The van der Waals surface area contributed by atoms with Crippen molar-refractivity contribution >= 4 is 5.91 Å². The molecule has 0 aliphatic heterocycles. The maximum atomic E-state index is 11.9. The van der Waals surface area contributed by atoms with Crippen LogP contribution in [0.15, 0.2) is 30.3 Å². The molecule has 0 heterocycles. The highest BCUT2D eigenvalue weighted by molar-refractivity contribution is 5.78. The molecule has 2 unspecified atom stereocenters. The fourth-order valence-electron chi connectivity index (χ4n) is 2.88. The van der Waals surface area contributed by atoms with Gasteiger partial charge in [-0.3, -0.25) is 4.79 Å². The van der Waals surface area contributed by atoms with Gasteiger partial charge in [-0.2, -0.15) is 0 Å². The van der Waals surface area contributed by atoms with Crippen LogP contribution in [-0.2, 0) is 11.3 Å². The van der Waals surface area contributed by atoms with Crippen LogP contribution >= 0.6 is 0 Å². The molecular formula is C17H26N2O. The number of amides is 1. The summed E-state index contributed by atoms with van der Waals surface area (Å²) in [5.74, 6) is 0.768. The Morgan fingerprint density at radius 2 is 1.90 bits per heavy atom. The third-order valence-corrected chi connectivity index (χ3v) is 4.22. The van der Waals surface area contributed by atoms with Crippen LogP contribution in [0.3, 0.4) is 0 Å². The first kappa shape index (κ1) is 15.0. The van der Waals surface area contributed by atoms with E-state index in [1.807, 2.05) is 30.3 Å². The average Bonchev–Trinajstić information content (AvgIpc) is 2.68. The molecule has 1 aliphatic carbocycles. The Hall–Kier alpha value is -1.35. The molecule has 1 aromatic carbocycles. The van der Waals surface area contributed by atoms with Gasteiger partial charge in [0, 0.05) is 12.6 Å². The van der Waals surface area contributed by atoms with Crippen LogP contribution in [0.1, 0.15) is 44.6 Å². The zero-order valence-corrected chi connectivity index (χ0v) is 12.4. The van der Waals surface area contributed by atoms with Gasteiger partial charge in [-0.15, -0.1) is 0 Å². The van der Waals surface area contributed by atoms with Crippen molar-refractivity contribution < 1.29 is 4.79 Å². The Morgan fingerprint density at radius 3 is 2.70 bits per heavy atom. The molecule has 20 heavy (non-hydrogen) atoms. The van der Waals surface area contributed by atoms with E-state index in [1.165, 1.54) is 32.1 Å². The topological polar surface area (TPSA) is 41.1 Å². The number of rotatable bonds is 5. The minimum absolute atomic E-state index is 0.0882. The Bertz CT molecular complexity index is 405. The molecule has 0 spiro atoms. The SMILES string of the molecule is CC1CCCCCC1NCC(=O)NCc1ccccc1. The summed E-state index contributed by atoms with van der Waals surface area (Å²) < 4.78 is 0. The maximum absolute atomic E-state index is 11.9. The monoisotopic (exact) mass is 274 g/mol. The molecule has 1 fully saturated rings. The van der Waals surface area contributed by atoms with Gasteiger partial charge in [0.15, 0.2) is 0 Å². The predicted molar refractivity (Wildman–Crippen MR) is 82.3 cm³/mol.